The molecule has 0 saturated heterocycles. The minimum Gasteiger partial charge on any atom is -0.508 e. The first kappa shape index (κ1) is 13.6. The Hall–Kier alpha value is -1.44. The van der Waals surface area contributed by atoms with Gasteiger partial charge >= 0.3 is 12.4 Å². The Kier molecular flexibility index (Phi) is 3.04. The highest BCUT2D eigenvalue weighted by Gasteiger charge is 2.69. The fourth-order valence-electron chi connectivity index (χ4n) is 1.21. The van der Waals surface area contributed by atoms with Gasteiger partial charge in [-0.15, -0.1) is 0 Å². The molecule has 0 aliphatic rings. The van der Waals surface area contributed by atoms with E-state index in [1.54, 1.807) is 0 Å². The van der Waals surface area contributed by atoms with Crippen LogP contribution in [-0.2, 0) is 5.54 Å². The van der Waals surface area contributed by atoms with Gasteiger partial charge in [-0.25, -0.2) is 0 Å². The second-order valence-electron chi connectivity index (χ2n) is 3.35. The molecule has 0 amide bonds. The van der Waals surface area contributed by atoms with Crippen molar-refractivity contribution in [1.29, 1.82) is 0 Å². The highest BCUT2D eigenvalue weighted by atomic mass is 19.4. The zero-order valence-electron chi connectivity index (χ0n) is 8.10. The average molecular weight is 259 g/mol. The summed E-state index contributed by atoms with van der Waals surface area (Å²) < 4.78 is 74.9. The minimum atomic E-state index is -5.69. The Balaban J connectivity index is 3.41. The molecule has 2 nitrogen and oxygen atoms in total. The topological polar surface area (TPSA) is 46.2 Å². The number of nitrogens with two attached hydrogens (primary N) is 1. The smallest absolute Gasteiger partial charge is 0.419 e. The number of benzene rings is 1. The summed E-state index contributed by atoms with van der Waals surface area (Å²) in [7, 11) is 0. The summed E-state index contributed by atoms with van der Waals surface area (Å²) >= 11 is 0. The van der Waals surface area contributed by atoms with E-state index in [4.69, 9.17) is 5.11 Å². The van der Waals surface area contributed by atoms with E-state index in [0.717, 1.165) is 0 Å². The lowest BCUT2D eigenvalue weighted by molar-refractivity contribution is -0.301. The van der Waals surface area contributed by atoms with Gasteiger partial charge in [-0.1, -0.05) is 12.1 Å². The van der Waals surface area contributed by atoms with Gasteiger partial charge in [0, 0.05) is 0 Å². The molecule has 3 N–H and O–H groups in total. The van der Waals surface area contributed by atoms with Gasteiger partial charge < -0.3 is 10.8 Å². The monoisotopic (exact) mass is 259 g/mol. The molecule has 0 heterocycles. The Morgan fingerprint density at radius 2 is 1.18 bits per heavy atom. The predicted molar refractivity (Wildman–Crippen MR) is 46.1 cm³/mol. The largest absolute Gasteiger partial charge is 0.508 e. The van der Waals surface area contributed by atoms with Crippen molar-refractivity contribution in [3.8, 4) is 5.75 Å². The molecule has 0 fully saturated rings. The van der Waals surface area contributed by atoms with Crippen LogP contribution in [0.4, 0.5) is 26.3 Å². The minimum absolute atomic E-state index is 0.458. The SMILES string of the molecule is NC(c1ccc(O)cc1)(C(F)(F)F)C(F)(F)F. The van der Waals surface area contributed by atoms with Crippen LogP contribution in [0.2, 0.25) is 0 Å². The molecular weight excluding hydrogens is 252 g/mol. The molecule has 17 heavy (non-hydrogen) atoms. The van der Waals surface area contributed by atoms with Crippen molar-refractivity contribution >= 4 is 0 Å². The van der Waals surface area contributed by atoms with Crippen molar-refractivity contribution in [2.24, 2.45) is 5.73 Å². The van der Waals surface area contributed by atoms with Crippen molar-refractivity contribution in [3.05, 3.63) is 29.8 Å². The van der Waals surface area contributed by atoms with E-state index in [2.05, 4.69) is 5.73 Å². The molecule has 0 aromatic heterocycles. The summed E-state index contributed by atoms with van der Waals surface area (Å²) in [5.74, 6) is -0.458. The average Bonchev–Trinajstić information content (AvgIpc) is 2.14. The first-order valence-electron chi connectivity index (χ1n) is 4.22. The maximum Gasteiger partial charge on any atom is 0.419 e. The zero-order chi connectivity index (χ0) is 13.5. The number of halogens is 6. The van der Waals surface area contributed by atoms with Crippen LogP contribution >= 0.6 is 0 Å². The van der Waals surface area contributed by atoms with Gasteiger partial charge in [0.2, 0.25) is 5.54 Å². The van der Waals surface area contributed by atoms with Gasteiger partial charge in [0.05, 0.1) is 0 Å². The van der Waals surface area contributed by atoms with E-state index in [1.165, 1.54) is 0 Å². The van der Waals surface area contributed by atoms with Crippen molar-refractivity contribution in [3.63, 3.8) is 0 Å². The van der Waals surface area contributed by atoms with Crippen LogP contribution in [0.25, 0.3) is 0 Å². The lowest BCUT2D eigenvalue weighted by Crippen LogP contribution is -2.60. The summed E-state index contributed by atoms with van der Waals surface area (Å²) in [6, 6.07) is 2.37. The molecule has 0 bridgehead atoms. The van der Waals surface area contributed by atoms with E-state index in [-0.39, 0.29) is 0 Å². The molecule has 0 spiro atoms. The first-order valence-corrected chi connectivity index (χ1v) is 4.22. The Morgan fingerprint density at radius 1 is 0.824 bits per heavy atom. The number of phenolic OH excluding ortho intramolecular Hbond substituents is 1. The van der Waals surface area contributed by atoms with Crippen LogP contribution in [0, 0.1) is 0 Å². The number of hydrogen-bond acceptors (Lipinski definition) is 2. The summed E-state index contributed by atoms with van der Waals surface area (Å²) in [5, 5.41) is 8.82. The standard InChI is InChI=1S/C9H7F6NO/c10-8(11,12)7(16,9(13,14)15)5-1-3-6(17)4-2-5/h1-4,17H,16H2. The van der Waals surface area contributed by atoms with E-state index in [9.17, 15) is 26.3 Å². The van der Waals surface area contributed by atoms with Crippen molar-refractivity contribution in [2.75, 3.05) is 0 Å². The normalized spacial score (nSPS) is 13.8. The van der Waals surface area contributed by atoms with Gasteiger partial charge in [-0.2, -0.15) is 26.3 Å². The third-order valence-electron chi connectivity index (χ3n) is 2.22. The van der Waals surface area contributed by atoms with Gasteiger partial charge in [-0.3, -0.25) is 0 Å². The van der Waals surface area contributed by atoms with E-state index >= 15 is 0 Å². The summed E-state index contributed by atoms with van der Waals surface area (Å²) in [6.07, 6.45) is -11.4. The molecule has 0 radical (unpaired) electrons. The lowest BCUT2D eigenvalue weighted by atomic mass is 9.89. The quantitative estimate of drug-likeness (QED) is 0.761. The maximum atomic E-state index is 12.5. The first-order chi connectivity index (χ1) is 7.50. The van der Waals surface area contributed by atoms with Gasteiger partial charge in [0.15, 0.2) is 0 Å². The Bertz CT molecular complexity index is 379. The fourth-order valence-corrected chi connectivity index (χ4v) is 1.21. The molecule has 0 aliphatic heterocycles. The van der Waals surface area contributed by atoms with Crippen molar-refractivity contribution in [2.45, 2.75) is 17.9 Å². The predicted octanol–water partition coefficient (Wildman–Crippen LogP) is 2.67. The highest BCUT2D eigenvalue weighted by molar-refractivity contribution is 5.33. The van der Waals surface area contributed by atoms with Crippen LogP contribution in [0.5, 0.6) is 5.75 Å². The number of alkyl halides is 6. The molecule has 0 saturated carbocycles. The molecule has 96 valence electrons. The van der Waals surface area contributed by atoms with Crippen LogP contribution in [0.3, 0.4) is 0 Å². The molecule has 1 aromatic rings. The second kappa shape index (κ2) is 3.80. The number of phenols is 1. The Morgan fingerprint density at radius 3 is 1.47 bits per heavy atom. The Labute approximate surface area is 91.7 Å². The van der Waals surface area contributed by atoms with Crippen LogP contribution in [0.1, 0.15) is 5.56 Å². The molecule has 1 aromatic carbocycles. The van der Waals surface area contributed by atoms with Crippen LogP contribution in [0.15, 0.2) is 24.3 Å². The molecule has 0 atom stereocenters. The third-order valence-corrected chi connectivity index (χ3v) is 2.22. The molecular formula is C9H7F6NO. The van der Waals surface area contributed by atoms with Crippen molar-refractivity contribution < 1.29 is 31.4 Å². The van der Waals surface area contributed by atoms with E-state index in [1.807, 2.05) is 0 Å². The third kappa shape index (κ3) is 2.17. The van der Waals surface area contributed by atoms with Gasteiger partial charge in [0.25, 0.3) is 0 Å². The molecule has 8 heteroatoms. The summed E-state index contributed by atoms with van der Waals surface area (Å²) in [4.78, 5) is 0. The number of rotatable bonds is 1. The van der Waals surface area contributed by atoms with Crippen LogP contribution in [-0.4, -0.2) is 17.5 Å². The maximum absolute atomic E-state index is 12.5. The number of hydrogen-bond donors (Lipinski definition) is 2. The van der Waals surface area contributed by atoms with Crippen molar-refractivity contribution in [1.82, 2.24) is 0 Å². The highest BCUT2D eigenvalue weighted by Crippen LogP contribution is 2.48. The fraction of sp³-hybridized carbons (Fsp3) is 0.333. The van der Waals surface area contributed by atoms with Crippen LogP contribution < -0.4 is 5.73 Å². The van der Waals surface area contributed by atoms with Gasteiger partial charge in [-0.05, 0) is 17.7 Å². The molecule has 1 rings (SSSR count). The van der Waals surface area contributed by atoms with Gasteiger partial charge in [0.1, 0.15) is 5.75 Å². The molecule has 0 unspecified atom stereocenters. The van der Waals surface area contributed by atoms with E-state index in [0.29, 0.717) is 24.3 Å². The second-order valence-corrected chi connectivity index (χ2v) is 3.35. The molecule has 0 aliphatic carbocycles. The lowest BCUT2D eigenvalue weighted by Gasteiger charge is -2.33. The zero-order valence-corrected chi connectivity index (χ0v) is 8.10. The van der Waals surface area contributed by atoms with E-state index < -0.39 is 29.2 Å². The summed E-state index contributed by atoms with van der Waals surface area (Å²) in [5.41, 5.74) is -1.14. The number of aromatic hydroxyl groups is 1. The summed E-state index contributed by atoms with van der Waals surface area (Å²) in [6.45, 7) is 0.